The molecule has 23 heavy (non-hydrogen) atoms. The van der Waals surface area contributed by atoms with Gasteiger partial charge in [-0.1, -0.05) is 0 Å². The van der Waals surface area contributed by atoms with Crippen LogP contribution >= 0.6 is 15.6 Å². The minimum atomic E-state index is -5.39. The first-order chi connectivity index (χ1) is 7.46. The van der Waals surface area contributed by atoms with Gasteiger partial charge in [0.1, 0.15) is 0 Å². The average Bonchev–Trinajstić information content (AvgIpc) is 1.70. The molecule has 0 aliphatic heterocycles. The molecule has 0 aliphatic rings. The van der Waals surface area contributed by atoms with Gasteiger partial charge in [-0.05, 0) is 0 Å². The van der Waals surface area contributed by atoms with Crippen molar-refractivity contribution in [1.29, 1.82) is 0 Å². The van der Waals surface area contributed by atoms with Crippen LogP contribution in [-0.2, 0) is 18.1 Å². The smallest absolute Gasteiger partial charge is 0.822 e. The van der Waals surface area contributed by atoms with Gasteiger partial charge < -0.3 is 66.6 Å². The maximum absolute atomic E-state index is 8.55. The zero-order valence-corrected chi connectivity index (χ0v) is 32.3. The fourth-order valence-corrected chi connectivity index (χ4v) is 0. The molecule has 0 N–H and O–H groups in total. The van der Waals surface area contributed by atoms with Crippen molar-refractivity contribution < 1.29 is 66.6 Å². The van der Waals surface area contributed by atoms with Crippen LogP contribution in [0.4, 0.5) is 0 Å². The molecule has 14 nitrogen and oxygen atoms in total. The molecule has 0 aromatic rings. The summed E-state index contributed by atoms with van der Waals surface area (Å²) in [5, 5.41) is 0. The van der Waals surface area contributed by atoms with E-state index in [9.17, 15) is 0 Å². The maximum atomic E-state index is 8.55. The number of phosphoric acid groups is 2. The molecular weight excluding hydrogens is 780 g/mol. The van der Waals surface area contributed by atoms with Gasteiger partial charge in [0.2, 0.25) is 0 Å². The van der Waals surface area contributed by atoms with E-state index in [-0.39, 0.29) is 227 Å². The van der Waals surface area contributed by atoms with E-state index in [2.05, 4.69) is 0 Å². The van der Waals surface area contributed by atoms with Crippen LogP contribution in [-0.4, -0.2) is 246 Å². The number of hydrogen-bond acceptors (Lipinski definition) is 14. The molecule has 0 amide bonds. The first-order valence-electron chi connectivity index (χ1n) is 2.69. The third-order valence-electron chi connectivity index (χ3n) is 0. The zero-order chi connectivity index (χ0) is 16.2. The first-order valence-corrected chi connectivity index (χ1v) is 8.06. The van der Waals surface area contributed by atoms with Crippen LogP contribution in [0.25, 0.3) is 0 Å². The molecule has 0 saturated carbocycles. The molecular formula is O14P2Si2Sr5. The summed E-state index contributed by atoms with van der Waals surface area (Å²) in [6.07, 6.45) is 0. The minimum absolute atomic E-state index is 0. The van der Waals surface area contributed by atoms with Crippen molar-refractivity contribution in [1.82, 2.24) is 0 Å². The first kappa shape index (κ1) is 57.2. The molecule has 0 radical (unpaired) electrons. The fraction of sp³-hybridized carbons (Fsp3) is 0. The van der Waals surface area contributed by atoms with E-state index < -0.39 is 34.0 Å². The van der Waals surface area contributed by atoms with Crippen LogP contribution < -0.4 is 48.5 Å². The summed E-state index contributed by atoms with van der Waals surface area (Å²) in [6.45, 7) is 0. The normalized spacial score (nSPS) is 7.22. The van der Waals surface area contributed by atoms with Crippen molar-refractivity contribution in [3.63, 3.8) is 0 Å². The molecule has 0 aliphatic carbocycles. The third kappa shape index (κ3) is 443. The van der Waals surface area contributed by atoms with Gasteiger partial charge in [0.15, 0.2) is 0 Å². The van der Waals surface area contributed by atoms with Gasteiger partial charge in [0.25, 0.3) is 0 Å². The predicted molar refractivity (Wildman–Crippen MR) is 56.9 cm³/mol. The molecule has 0 unspecified atom stereocenters. The average molecular weight is 780 g/mol. The quantitative estimate of drug-likeness (QED) is 0.163. The summed E-state index contributed by atoms with van der Waals surface area (Å²) in [5.74, 6) is 0. The van der Waals surface area contributed by atoms with Crippen molar-refractivity contribution in [2.75, 3.05) is 0 Å². The van der Waals surface area contributed by atoms with Gasteiger partial charge >= 0.3 is 227 Å². The van der Waals surface area contributed by atoms with Gasteiger partial charge in [0.05, 0.1) is 0 Å². The summed E-state index contributed by atoms with van der Waals surface area (Å²) >= 11 is 0. The molecule has 23 heteroatoms. The Hall–Kier alpha value is 6.86. The summed E-state index contributed by atoms with van der Waals surface area (Å²) < 4.78 is 34.1. The monoisotopic (exact) mass is 781 g/mol. The van der Waals surface area contributed by atoms with Gasteiger partial charge in [-0.2, -0.15) is 15.6 Å². The van der Waals surface area contributed by atoms with E-state index in [1.54, 1.807) is 0 Å². The van der Waals surface area contributed by atoms with Crippen LogP contribution in [0.2, 0.25) is 0 Å². The molecule has 0 rings (SSSR count). The van der Waals surface area contributed by atoms with E-state index in [4.69, 9.17) is 66.6 Å². The van der Waals surface area contributed by atoms with E-state index in [1.165, 1.54) is 0 Å². The zero-order valence-electron chi connectivity index (χ0n) is 11.1. The van der Waals surface area contributed by atoms with E-state index in [0.29, 0.717) is 0 Å². The SMILES string of the molecule is O=P([O-])([O-])[O-].O=P([O-])([O-])[O-].O=[Si]([O-])[O-].O=[Si]([O-])[O-].[Sr+2].[Sr+2].[Sr+2].[Sr+2].[Sr+2]. The van der Waals surface area contributed by atoms with Crippen LogP contribution in [0.15, 0.2) is 0 Å². The molecule has 0 bridgehead atoms. The number of hydrogen-bond donors (Lipinski definition) is 0. The van der Waals surface area contributed by atoms with Crippen LogP contribution in [0.5, 0.6) is 0 Å². The molecule has 0 saturated heterocycles. The molecule has 0 aromatic carbocycles. The molecule has 0 atom stereocenters. The second kappa shape index (κ2) is 36.2. The van der Waals surface area contributed by atoms with Gasteiger partial charge in [-0.25, -0.2) is 0 Å². The largest absolute Gasteiger partial charge is 2.00 e. The fourth-order valence-electron chi connectivity index (χ4n) is 0. The minimum Gasteiger partial charge on any atom is -0.822 e. The van der Waals surface area contributed by atoms with Gasteiger partial charge in [-0.15, -0.1) is 0 Å². The maximum Gasteiger partial charge on any atom is 2.00 e. The van der Waals surface area contributed by atoms with Crippen molar-refractivity contribution >= 4 is 261 Å². The van der Waals surface area contributed by atoms with Gasteiger partial charge in [0, 0.05) is 18.3 Å². The summed E-state index contributed by atoms with van der Waals surface area (Å²) in [5.41, 5.74) is 0. The van der Waals surface area contributed by atoms with Crippen LogP contribution in [0, 0.1) is 0 Å². The van der Waals surface area contributed by atoms with Crippen molar-refractivity contribution in [2.24, 2.45) is 0 Å². The van der Waals surface area contributed by atoms with Crippen molar-refractivity contribution in [3.8, 4) is 0 Å². The summed E-state index contributed by atoms with van der Waals surface area (Å²) in [6, 6.07) is 0. The Kier molecular flexibility index (Phi) is 90.1. The molecule has 0 spiro atoms. The van der Waals surface area contributed by atoms with E-state index in [0.717, 1.165) is 0 Å². The summed E-state index contributed by atoms with van der Waals surface area (Å²) in [4.78, 5) is 85.4. The second-order valence-electron chi connectivity index (χ2n) is 1.39. The number of rotatable bonds is 0. The van der Waals surface area contributed by atoms with Gasteiger partial charge in [-0.3, -0.25) is 0 Å². The van der Waals surface area contributed by atoms with E-state index >= 15 is 0 Å². The van der Waals surface area contributed by atoms with Crippen molar-refractivity contribution in [3.05, 3.63) is 0 Å². The Morgan fingerprint density at radius 2 is 0.478 bits per heavy atom. The molecule has 0 aromatic heterocycles. The Morgan fingerprint density at radius 1 is 0.478 bits per heavy atom. The molecule has 0 fully saturated rings. The van der Waals surface area contributed by atoms with Crippen LogP contribution in [0.1, 0.15) is 0 Å². The van der Waals surface area contributed by atoms with Crippen molar-refractivity contribution in [2.45, 2.75) is 0 Å². The Balaban J connectivity index is -0.0000000152. The Labute approximate surface area is 318 Å². The standard InChI is InChI=1S/2H3O4P.2O3Si.5Sr/c2*1-5(2,3)4;2*1-4(2)3;;;;;/h2*(H3,1,2,3,4);;;;;;;/q;;2*-2;5*+2/p-6. The topological polar surface area (TPSA) is 299 Å². The van der Waals surface area contributed by atoms with Crippen LogP contribution in [0.3, 0.4) is 0 Å². The predicted octanol–water partition coefficient (Wildman–Crippen LogP) is -13.3. The Bertz CT molecular complexity index is 267. The third-order valence-corrected chi connectivity index (χ3v) is 0. The second-order valence-corrected chi connectivity index (χ2v) is 4.18. The van der Waals surface area contributed by atoms with E-state index in [1.807, 2.05) is 0 Å². The molecule has 112 valence electrons. The Morgan fingerprint density at radius 3 is 0.478 bits per heavy atom. The summed E-state index contributed by atoms with van der Waals surface area (Å²) in [7, 11) is -18.0. The molecule has 0 heterocycles.